The summed E-state index contributed by atoms with van der Waals surface area (Å²) < 4.78 is 26.9. The molecule has 2 aliphatic rings. The number of pyridine rings is 1. The van der Waals surface area contributed by atoms with Gasteiger partial charge in [0.05, 0.1) is 10.8 Å². The zero-order valence-electron chi connectivity index (χ0n) is 17.0. The SMILES string of the molecule is CN1CCN(S(=O)(=O)c2ccc(SCC(=O)NCCC3=CCCCC3)nc2)CC1. The minimum Gasteiger partial charge on any atom is -0.355 e. The van der Waals surface area contributed by atoms with E-state index in [4.69, 9.17) is 0 Å². The summed E-state index contributed by atoms with van der Waals surface area (Å²) in [5.41, 5.74) is 1.45. The van der Waals surface area contributed by atoms with E-state index >= 15 is 0 Å². The first kappa shape index (κ1) is 22.3. The first-order valence-electron chi connectivity index (χ1n) is 10.2. The Hall–Kier alpha value is -1.42. The molecule has 9 heteroatoms. The number of amides is 1. The van der Waals surface area contributed by atoms with Crippen LogP contribution in [0.1, 0.15) is 32.1 Å². The molecular weight excluding hydrogens is 408 g/mol. The van der Waals surface area contributed by atoms with Crippen molar-refractivity contribution in [2.45, 2.75) is 42.0 Å². The van der Waals surface area contributed by atoms with Gasteiger partial charge in [0.15, 0.2) is 0 Å². The smallest absolute Gasteiger partial charge is 0.244 e. The number of carbonyl (C=O) groups is 1. The molecule has 160 valence electrons. The largest absolute Gasteiger partial charge is 0.355 e. The van der Waals surface area contributed by atoms with Gasteiger partial charge in [0.2, 0.25) is 15.9 Å². The van der Waals surface area contributed by atoms with Crippen LogP contribution < -0.4 is 5.32 Å². The topological polar surface area (TPSA) is 82.6 Å². The second kappa shape index (κ2) is 10.6. The van der Waals surface area contributed by atoms with Crippen LogP contribution in [0.3, 0.4) is 0 Å². The van der Waals surface area contributed by atoms with Crippen molar-refractivity contribution >= 4 is 27.7 Å². The summed E-state index contributed by atoms with van der Waals surface area (Å²) in [5, 5.41) is 3.59. The number of sulfonamides is 1. The Morgan fingerprint density at radius 1 is 1.21 bits per heavy atom. The Balaban J connectivity index is 1.44. The summed E-state index contributed by atoms with van der Waals surface area (Å²) in [4.78, 5) is 18.6. The van der Waals surface area contributed by atoms with E-state index in [2.05, 4.69) is 21.3 Å². The maximum absolute atomic E-state index is 12.7. The molecule has 2 heterocycles. The summed E-state index contributed by atoms with van der Waals surface area (Å²) in [6.07, 6.45) is 9.45. The van der Waals surface area contributed by atoms with Crippen LogP contribution in [0.15, 0.2) is 39.9 Å². The van der Waals surface area contributed by atoms with Crippen LogP contribution in [0.2, 0.25) is 0 Å². The fourth-order valence-corrected chi connectivity index (χ4v) is 5.51. The van der Waals surface area contributed by atoms with Gasteiger partial charge in [-0.3, -0.25) is 4.79 Å². The molecule has 1 aromatic rings. The lowest BCUT2D eigenvalue weighted by Crippen LogP contribution is -2.47. The van der Waals surface area contributed by atoms with Gasteiger partial charge in [0.25, 0.3) is 0 Å². The second-order valence-electron chi connectivity index (χ2n) is 7.54. The molecule has 0 saturated carbocycles. The van der Waals surface area contributed by atoms with Crippen molar-refractivity contribution in [2.75, 3.05) is 45.5 Å². The van der Waals surface area contributed by atoms with E-state index in [0.29, 0.717) is 24.7 Å². The fraction of sp³-hybridized carbons (Fsp3) is 0.600. The Morgan fingerprint density at radius 2 is 2.00 bits per heavy atom. The van der Waals surface area contributed by atoms with Crippen LogP contribution in [0.25, 0.3) is 0 Å². The van der Waals surface area contributed by atoms with Gasteiger partial charge < -0.3 is 10.2 Å². The Morgan fingerprint density at radius 3 is 2.66 bits per heavy atom. The average molecular weight is 439 g/mol. The third-order valence-corrected chi connectivity index (χ3v) is 8.14. The number of hydrogen-bond acceptors (Lipinski definition) is 6. The van der Waals surface area contributed by atoms with Gasteiger partial charge in [-0.05, 0) is 51.3 Å². The Bertz CT molecular complexity index is 817. The minimum absolute atomic E-state index is 0.0256. The molecule has 1 saturated heterocycles. The molecule has 7 nitrogen and oxygen atoms in total. The molecule has 3 rings (SSSR count). The molecular formula is C20H30N4O3S2. The molecule has 1 N–H and O–H groups in total. The van der Waals surface area contributed by atoms with E-state index in [1.165, 1.54) is 40.7 Å². The van der Waals surface area contributed by atoms with Gasteiger partial charge in [-0.1, -0.05) is 23.4 Å². The number of rotatable bonds is 8. The molecule has 0 unspecified atom stereocenters. The van der Waals surface area contributed by atoms with Gasteiger partial charge in [-0.2, -0.15) is 4.31 Å². The Kier molecular flexibility index (Phi) is 8.11. The monoisotopic (exact) mass is 438 g/mol. The number of allylic oxidation sites excluding steroid dienone is 1. The summed E-state index contributed by atoms with van der Waals surface area (Å²) in [6.45, 7) is 3.11. The van der Waals surface area contributed by atoms with E-state index in [0.717, 1.165) is 32.4 Å². The highest BCUT2D eigenvalue weighted by Gasteiger charge is 2.27. The molecule has 0 atom stereocenters. The number of thioether (sulfide) groups is 1. The lowest BCUT2D eigenvalue weighted by atomic mass is 9.97. The predicted molar refractivity (Wildman–Crippen MR) is 115 cm³/mol. The van der Waals surface area contributed by atoms with E-state index in [1.807, 2.05) is 7.05 Å². The zero-order valence-corrected chi connectivity index (χ0v) is 18.6. The van der Waals surface area contributed by atoms with Crippen LogP contribution in [0.5, 0.6) is 0 Å². The maximum atomic E-state index is 12.7. The third-order valence-electron chi connectivity index (χ3n) is 5.31. The van der Waals surface area contributed by atoms with E-state index < -0.39 is 10.0 Å². The van der Waals surface area contributed by atoms with Gasteiger partial charge in [0.1, 0.15) is 4.90 Å². The molecule has 1 aliphatic heterocycles. The lowest BCUT2D eigenvalue weighted by Gasteiger charge is -2.31. The van der Waals surface area contributed by atoms with Gasteiger partial charge >= 0.3 is 0 Å². The molecule has 0 bridgehead atoms. The summed E-state index contributed by atoms with van der Waals surface area (Å²) >= 11 is 1.32. The van der Waals surface area contributed by atoms with Crippen LogP contribution in [-0.2, 0) is 14.8 Å². The summed E-state index contributed by atoms with van der Waals surface area (Å²) in [7, 11) is -1.52. The maximum Gasteiger partial charge on any atom is 0.244 e. The number of nitrogens with zero attached hydrogens (tertiary/aromatic N) is 3. The molecule has 1 aromatic heterocycles. The van der Waals surface area contributed by atoms with Crippen molar-refractivity contribution in [2.24, 2.45) is 0 Å². The first-order valence-corrected chi connectivity index (χ1v) is 12.6. The molecule has 0 radical (unpaired) electrons. The van der Waals surface area contributed by atoms with E-state index in [1.54, 1.807) is 12.1 Å². The predicted octanol–water partition coefficient (Wildman–Crippen LogP) is 2.12. The highest BCUT2D eigenvalue weighted by Crippen LogP contribution is 2.21. The van der Waals surface area contributed by atoms with Gasteiger partial charge in [-0.25, -0.2) is 13.4 Å². The summed E-state index contributed by atoms with van der Waals surface area (Å²) in [6, 6.07) is 3.25. The Labute approximate surface area is 178 Å². The van der Waals surface area contributed by atoms with Crippen molar-refractivity contribution in [3.63, 3.8) is 0 Å². The van der Waals surface area contributed by atoms with Crippen molar-refractivity contribution in [3.8, 4) is 0 Å². The number of likely N-dealkylation sites (N-methyl/N-ethyl adjacent to an activating group) is 1. The molecule has 1 aliphatic carbocycles. The van der Waals surface area contributed by atoms with Crippen molar-refractivity contribution in [3.05, 3.63) is 30.0 Å². The lowest BCUT2D eigenvalue weighted by molar-refractivity contribution is -0.118. The number of carbonyl (C=O) groups excluding carboxylic acids is 1. The van der Waals surface area contributed by atoms with Crippen LogP contribution >= 0.6 is 11.8 Å². The number of aromatic nitrogens is 1. The number of nitrogens with one attached hydrogen (secondary N) is 1. The van der Waals surface area contributed by atoms with Gasteiger partial charge in [0, 0.05) is 38.9 Å². The third kappa shape index (κ3) is 6.53. The van der Waals surface area contributed by atoms with Gasteiger partial charge in [-0.15, -0.1) is 0 Å². The van der Waals surface area contributed by atoms with E-state index in [9.17, 15) is 13.2 Å². The second-order valence-corrected chi connectivity index (χ2v) is 10.5. The highest BCUT2D eigenvalue weighted by molar-refractivity contribution is 7.99. The van der Waals surface area contributed by atoms with Crippen LogP contribution in [0.4, 0.5) is 0 Å². The summed E-state index contributed by atoms with van der Waals surface area (Å²) in [5.74, 6) is 0.249. The normalized spacial score (nSPS) is 19.0. The fourth-order valence-electron chi connectivity index (χ4n) is 3.47. The van der Waals surface area contributed by atoms with Crippen LogP contribution in [-0.4, -0.2) is 74.0 Å². The van der Waals surface area contributed by atoms with E-state index in [-0.39, 0.29) is 16.6 Å². The average Bonchev–Trinajstić information content (AvgIpc) is 2.74. The molecule has 1 amide bonds. The van der Waals surface area contributed by atoms with Crippen molar-refractivity contribution in [1.29, 1.82) is 0 Å². The molecule has 1 fully saturated rings. The zero-order chi connectivity index (χ0) is 20.7. The first-order chi connectivity index (χ1) is 13.9. The molecule has 0 spiro atoms. The van der Waals surface area contributed by atoms with Crippen LogP contribution in [0, 0.1) is 0 Å². The minimum atomic E-state index is -3.51. The highest BCUT2D eigenvalue weighted by atomic mass is 32.2. The molecule has 29 heavy (non-hydrogen) atoms. The molecule has 0 aromatic carbocycles. The standard InChI is InChI=1S/C20H30N4O3S2/c1-23-11-13-24(14-12-23)29(26,27)18-7-8-20(22-15-18)28-16-19(25)21-10-9-17-5-3-2-4-6-17/h5,7-8,15H,2-4,6,9-14,16H2,1H3,(H,21,25). The van der Waals surface area contributed by atoms with Crippen molar-refractivity contribution in [1.82, 2.24) is 19.5 Å². The number of hydrogen-bond donors (Lipinski definition) is 1. The van der Waals surface area contributed by atoms with Crippen molar-refractivity contribution < 1.29 is 13.2 Å². The quantitative estimate of drug-likeness (QED) is 0.495. The number of piperazine rings is 1.